The van der Waals surface area contributed by atoms with Crippen molar-refractivity contribution in [2.75, 3.05) is 19.0 Å². The van der Waals surface area contributed by atoms with Gasteiger partial charge in [0.25, 0.3) is 5.69 Å². The molecule has 0 aliphatic carbocycles. The van der Waals surface area contributed by atoms with Crippen LogP contribution in [0.4, 0.5) is 11.4 Å². The minimum atomic E-state index is -0.491. The van der Waals surface area contributed by atoms with Crippen LogP contribution < -0.4 is 5.32 Å². The number of nitro groups is 1. The number of nitrogens with zero attached hydrogens (tertiary/aromatic N) is 1. The molecule has 0 aliphatic rings. The summed E-state index contributed by atoms with van der Waals surface area (Å²) >= 11 is 0. The number of hydrogen-bond donors (Lipinski definition) is 2. The number of aryl methyl sites for hydroxylation is 1. The molecule has 2 aromatic rings. The average Bonchev–Trinajstić information content (AvgIpc) is 2.94. The van der Waals surface area contributed by atoms with Crippen LogP contribution in [0.1, 0.15) is 44.6 Å². The van der Waals surface area contributed by atoms with Crippen molar-refractivity contribution in [1.82, 2.24) is 4.98 Å². The standard InChI is InChI=1S/C19H21N3O5/c1-5-27-19(24)17-11(2)18(21-12(17)3)16(23)9-7-13-6-8-14(20-4)15(10-13)22(25)26/h6-10,20-21H,5H2,1-4H3/b9-7+. The van der Waals surface area contributed by atoms with Crippen molar-refractivity contribution in [2.45, 2.75) is 20.8 Å². The number of nitrogens with one attached hydrogen (secondary N) is 2. The largest absolute Gasteiger partial charge is 0.462 e. The number of hydrogen-bond acceptors (Lipinski definition) is 6. The predicted octanol–water partition coefficient (Wildman–Crippen LogP) is 3.65. The lowest BCUT2D eigenvalue weighted by Gasteiger charge is -2.03. The van der Waals surface area contributed by atoms with Gasteiger partial charge in [-0.05, 0) is 44.0 Å². The molecule has 0 bridgehead atoms. The Morgan fingerprint density at radius 2 is 2.04 bits per heavy atom. The summed E-state index contributed by atoms with van der Waals surface area (Å²) in [5, 5.41) is 13.9. The maximum Gasteiger partial charge on any atom is 0.340 e. The predicted molar refractivity (Wildman–Crippen MR) is 102 cm³/mol. The molecule has 2 rings (SSSR count). The molecule has 0 amide bonds. The normalized spacial score (nSPS) is 10.8. The molecule has 8 heteroatoms. The van der Waals surface area contributed by atoms with E-state index in [0.29, 0.717) is 28.1 Å². The van der Waals surface area contributed by atoms with Crippen LogP contribution in [0, 0.1) is 24.0 Å². The zero-order chi connectivity index (χ0) is 20.1. The summed E-state index contributed by atoms with van der Waals surface area (Å²) in [7, 11) is 1.60. The summed E-state index contributed by atoms with van der Waals surface area (Å²) in [5.74, 6) is -0.823. The number of allylic oxidation sites excluding steroid dienone is 1. The molecule has 1 heterocycles. The number of anilines is 1. The van der Waals surface area contributed by atoms with E-state index in [1.807, 2.05) is 0 Å². The van der Waals surface area contributed by atoms with E-state index in [1.54, 1.807) is 40.0 Å². The third kappa shape index (κ3) is 4.22. The van der Waals surface area contributed by atoms with Gasteiger partial charge in [-0.15, -0.1) is 0 Å². The fraction of sp³-hybridized carbons (Fsp3) is 0.263. The van der Waals surface area contributed by atoms with E-state index >= 15 is 0 Å². The highest BCUT2D eigenvalue weighted by molar-refractivity contribution is 6.08. The molecule has 0 fully saturated rings. The lowest BCUT2D eigenvalue weighted by atomic mass is 10.1. The zero-order valence-electron chi connectivity index (χ0n) is 15.6. The fourth-order valence-electron chi connectivity index (χ4n) is 2.78. The van der Waals surface area contributed by atoms with Crippen LogP contribution in [0.2, 0.25) is 0 Å². The maximum absolute atomic E-state index is 12.5. The topological polar surface area (TPSA) is 114 Å². The number of ether oxygens (including phenoxy) is 1. The Morgan fingerprint density at radius 3 is 2.63 bits per heavy atom. The van der Waals surface area contributed by atoms with E-state index in [9.17, 15) is 19.7 Å². The number of benzene rings is 1. The minimum Gasteiger partial charge on any atom is -0.462 e. The quantitative estimate of drug-likeness (QED) is 0.252. The van der Waals surface area contributed by atoms with E-state index in [4.69, 9.17) is 4.74 Å². The highest BCUT2D eigenvalue weighted by Gasteiger charge is 2.21. The average molecular weight is 371 g/mol. The number of aromatic nitrogens is 1. The van der Waals surface area contributed by atoms with Gasteiger partial charge in [-0.25, -0.2) is 4.79 Å². The van der Waals surface area contributed by atoms with Crippen LogP contribution in [0.15, 0.2) is 24.3 Å². The summed E-state index contributed by atoms with van der Waals surface area (Å²) < 4.78 is 5.01. The second-order valence-electron chi connectivity index (χ2n) is 5.83. The van der Waals surface area contributed by atoms with E-state index in [2.05, 4.69) is 10.3 Å². The first kappa shape index (κ1) is 19.9. The second kappa shape index (κ2) is 8.31. The highest BCUT2D eigenvalue weighted by Crippen LogP contribution is 2.26. The van der Waals surface area contributed by atoms with E-state index < -0.39 is 10.9 Å². The monoisotopic (exact) mass is 371 g/mol. The van der Waals surface area contributed by atoms with E-state index in [-0.39, 0.29) is 23.8 Å². The SMILES string of the molecule is CCOC(=O)c1c(C)[nH]c(C(=O)/C=C/c2ccc(NC)c([N+](=O)[O-])c2)c1C. The number of esters is 1. The Bertz CT molecular complexity index is 928. The smallest absolute Gasteiger partial charge is 0.340 e. The van der Waals surface area contributed by atoms with Crippen molar-refractivity contribution in [3.63, 3.8) is 0 Å². The lowest BCUT2D eigenvalue weighted by molar-refractivity contribution is -0.384. The Hall–Kier alpha value is -3.42. The second-order valence-corrected chi connectivity index (χ2v) is 5.83. The molecule has 8 nitrogen and oxygen atoms in total. The van der Waals surface area contributed by atoms with Gasteiger partial charge in [-0.1, -0.05) is 12.1 Å². The lowest BCUT2D eigenvalue weighted by Crippen LogP contribution is -2.07. The van der Waals surface area contributed by atoms with Crippen molar-refractivity contribution in [2.24, 2.45) is 0 Å². The summed E-state index contributed by atoms with van der Waals surface area (Å²) in [6.45, 7) is 5.32. The van der Waals surface area contributed by atoms with Gasteiger partial charge in [0.05, 0.1) is 22.8 Å². The molecule has 2 N–H and O–H groups in total. The third-order valence-corrected chi connectivity index (χ3v) is 4.08. The van der Waals surface area contributed by atoms with Gasteiger partial charge in [-0.3, -0.25) is 14.9 Å². The molecule has 0 atom stereocenters. The molecule has 0 unspecified atom stereocenters. The van der Waals surface area contributed by atoms with Crippen molar-refractivity contribution in [3.05, 3.63) is 62.5 Å². The number of aromatic amines is 1. The molecule has 0 saturated heterocycles. The molecule has 1 aromatic carbocycles. The van der Waals surface area contributed by atoms with Crippen molar-refractivity contribution >= 4 is 29.2 Å². The fourth-order valence-corrected chi connectivity index (χ4v) is 2.78. The van der Waals surface area contributed by atoms with Crippen LogP contribution in [-0.2, 0) is 4.74 Å². The van der Waals surface area contributed by atoms with Gasteiger partial charge in [0.1, 0.15) is 5.69 Å². The van der Waals surface area contributed by atoms with Crippen LogP contribution in [0.25, 0.3) is 6.08 Å². The van der Waals surface area contributed by atoms with Crippen LogP contribution in [0.5, 0.6) is 0 Å². The molecule has 27 heavy (non-hydrogen) atoms. The number of ketones is 1. The summed E-state index contributed by atoms with van der Waals surface area (Å²) in [6.07, 6.45) is 2.81. The number of nitro benzene ring substituents is 1. The van der Waals surface area contributed by atoms with Gasteiger partial charge in [0.15, 0.2) is 0 Å². The van der Waals surface area contributed by atoms with Gasteiger partial charge in [0, 0.05) is 18.8 Å². The Balaban J connectivity index is 2.30. The van der Waals surface area contributed by atoms with Gasteiger partial charge in [-0.2, -0.15) is 0 Å². The van der Waals surface area contributed by atoms with Crippen molar-refractivity contribution in [1.29, 1.82) is 0 Å². The van der Waals surface area contributed by atoms with E-state index in [1.165, 1.54) is 18.2 Å². The van der Waals surface area contributed by atoms with Crippen LogP contribution in [-0.4, -0.2) is 35.3 Å². The van der Waals surface area contributed by atoms with Crippen molar-refractivity contribution in [3.8, 4) is 0 Å². The van der Waals surface area contributed by atoms with Gasteiger partial charge >= 0.3 is 5.97 Å². The zero-order valence-corrected chi connectivity index (χ0v) is 15.6. The number of carbonyl (C=O) groups is 2. The number of H-pyrrole nitrogens is 1. The van der Waals surface area contributed by atoms with Gasteiger partial charge < -0.3 is 15.0 Å². The molecular weight excluding hydrogens is 350 g/mol. The minimum absolute atomic E-state index is 0.0800. The highest BCUT2D eigenvalue weighted by atomic mass is 16.6. The van der Waals surface area contributed by atoms with Crippen molar-refractivity contribution < 1.29 is 19.2 Å². The third-order valence-electron chi connectivity index (χ3n) is 4.08. The molecular formula is C19H21N3O5. The maximum atomic E-state index is 12.5. The molecule has 1 aromatic heterocycles. The first-order valence-electron chi connectivity index (χ1n) is 8.35. The van der Waals surface area contributed by atoms with E-state index in [0.717, 1.165) is 0 Å². The Kier molecular flexibility index (Phi) is 6.12. The summed E-state index contributed by atoms with van der Waals surface area (Å²) in [5.41, 5.74) is 2.52. The van der Waals surface area contributed by atoms with Gasteiger partial charge in [0.2, 0.25) is 5.78 Å². The molecule has 0 aliphatic heterocycles. The molecule has 142 valence electrons. The Labute approximate surface area is 156 Å². The van der Waals surface area contributed by atoms with Crippen LogP contribution in [0.3, 0.4) is 0 Å². The summed E-state index contributed by atoms with van der Waals surface area (Å²) in [4.78, 5) is 38.1. The number of carbonyl (C=O) groups excluding carboxylic acids is 2. The molecule has 0 spiro atoms. The first-order valence-corrected chi connectivity index (χ1v) is 8.35. The molecule has 0 saturated carbocycles. The summed E-state index contributed by atoms with van der Waals surface area (Å²) in [6, 6.07) is 4.62. The van der Waals surface area contributed by atoms with Crippen LogP contribution >= 0.6 is 0 Å². The number of rotatable bonds is 7. The first-order chi connectivity index (χ1) is 12.8. The Morgan fingerprint density at radius 1 is 1.33 bits per heavy atom. The molecule has 0 radical (unpaired) electrons.